The Labute approximate surface area is 126 Å². The van der Waals surface area contributed by atoms with E-state index in [0.29, 0.717) is 12.6 Å². The zero-order valence-corrected chi connectivity index (χ0v) is 13.6. The molecule has 1 aromatic rings. The SMILES string of the molecule is CCOC(=O)C1CCCC(NCc2sccc2Br)C1. The van der Waals surface area contributed by atoms with Gasteiger partial charge in [-0.05, 0) is 53.6 Å². The molecule has 2 rings (SSSR count). The highest BCUT2D eigenvalue weighted by molar-refractivity contribution is 9.10. The van der Waals surface area contributed by atoms with E-state index in [9.17, 15) is 4.79 Å². The summed E-state index contributed by atoms with van der Waals surface area (Å²) in [5, 5.41) is 5.65. The summed E-state index contributed by atoms with van der Waals surface area (Å²) in [4.78, 5) is 13.1. The predicted octanol–water partition coefficient (Wildman–Crippen LogP) is 3.72. The molecular formula is C14H20BrNO2S. The summed E-state index contributed by atoms with van der Waals surface area (Å²) < 4.78 is 6.30. The molecule has 2 atom stereocenters. The van der Waals surface area contributed by atoms with Crippen LogP contribution in [-0.4, -0.2) is 18.6 Å². The molecule has 19 heavy (non-hydrogen) atoms. The Morgan fingerprint density at radius 3 is 3.11 bits per heavy atom. The van der Waals surface area contributed by atoms with Crippen LogP contribution in [0, 0.1) is 5.92 Å². The van der Waals surface area contributed by atoms with Crippen molar-refractivity contribution in [2.24, 2.45) is 5.92 Å². The van der Waals surface area contributed by atoms with Crippen molar-refractivity contribution < 1.29 is 9.53 Å². The fraction of sp³-hybridized carbons (Fsp3) is 0.643. The molecule has 0 saturated heterocycles. The number of hydrogen-bond donors (Lipinski definition) is 1. The molecule has 0 aromatic carbocycles. The maximum atomic E-state index is 11.8. The summed E-state index contributed by atoms with van der Waals surface area (Å²) in [5.41, 5.74) is 0. The van der Waals surface area contributed by atoms with Gasteiger partial charge in [-0.3, -0.25) is 4.79 Å². The van der Waals surface area contributed by atoms with E-state index in [-0.39, 0.29) is 11.9 Å². The summed E-state index contributed by atoms with van der Waals surface area (Å²) in [7, 11) is 0. The van der Waals surface area contributed by atoms with Gasteiger partial charge in [-0.25, -0.2) is 0 Å². The Balaban J connectivity index is 1.81. The van der Waals surface area contributed by atoms with Crippen molar-refractivity contribution in [3.63, 3.8) is 0 Å². The van der Waals surface area contributed by atoms with Crippen molar-refractivity contribution in [1.29, 1.82) is 0 Å². The molecule has 1 saturated carbocycles. The van der Waals surface area contributed by atoms with E-state index in [0.717, 1.165) is 32.2 Å². The summed E-state index contributed by atoms with van der Waals surface area (Å²) in [6.45, 7) is 3.22. The van der Waals surface area contributed by atoms with E-state index in [2.05, 4.69) is 32.7 Å². The van der Waals surface area contributed by atoms with Crippen molar-refractivity contribution in [3.8, 4) is 0 Å². The molecule has 0 amide bonds. The van der Waals surface area contributed by atoms with Crippen molar-refractivity contribution in [1.82, 2.24) is 5.32 Å². The standard InChI is InChI=1S/C14H20BrNO2S/c1-2-18-14(17)10-4-3-5-11(8-10)16-9-13-12(15)6-7-19-13/h6-7,10-11,16H,2-5,8-9H2,1H3. The second kappa shape index (κ2) is 7.41. The van der Waals surface area contributed by atoms with E-state index in [4.69, 9.17) is 4.74 Å². The van der Waals surface area contributed by atoms with Crippen LogP contribution in [-0.2, 0) is 16.1 Å². The largest absolute Gasteiger partial charge is 0.466 e. The molecule has 0 aliphatic heterocycles. The van der Waals surface area contributed by atoms with Crippen LogP contribution in [0.25, 0.3) is 0 Å². The lowest BCUT2D eigenvalue weighted by molar-refractivity contribution is -0.149. The number of carbonyl (C=O) groups excluding carboxylic acids is 1. The van der Waals surface area contributed by atoms with Crippen LogP contribution < -0.4 is 5.32 Å². The highest BCUT2D eigenvalue weighted by Crippen LogP contribution is 2.27. The number of esters is 1. The van der Waals surface area contributed by atoms with Gasteiger partial charge < -0.3 is 10.1 Å². The summed E-state index contributed by atoms with van der Waals surface area (Å²) >= 11 is 5.30. The molecule has 106 valence electrons. The molecule has 1 aliphatic carbocycles. The van der Waals surface area contributed by atoms with Crippen LogP contribution in [0.5, 0.6) is 0 Å². The maximum absolute atomic E-state index is 11.8. The zero-order valence-electron chi connectivity index (χ0n) is 11.2. The fourth-order valence-electron chi connectivity index (χ4n) is 2.54. The van der Waals surface area contributed by atoms with Gasteiger partial charge in [0.25, 0.3) is 0 Å². The van der Waals surface area contributed by atoms with Gasteiger partial charge in [0.1, 0.15) is 0 Å². The highest BCUT2D eigenvalue weighted by atomic mass is 79.9. The van der Waals surface area contributed by atoms with Crippen LogP contribution in [0.3, 0.4) is 0 Å². The van der Waals surface area contributed by atoms with Gasteiger partial charge in [0.2, 0.25) is 0 Å². The second-order valence-corrected chi connectivity index (χ2v) is 6.74. The number of nitrogens with one attached hydrogen (secondary N) is 1. The van der Waals surface area contributed by atoms with Crippen LogP contribution >= 0.6 is 27.3 Å². The van der Waals surface area contributed by atoms with Gasteiger partial charge >= 0.3 is 5.97 Å². The third kappa shape index (κ3) is 4.29. The molecule has 1 fully saturated rings. The van der Waals surface area contributed by atoms with E-state index in [1.165, 1.54) is 9.35 Å². The van der Waals surface area contributed by atoms with Crippen molar-refractivity contribution >= 4 is 33.2 Å². The Bertz CT molecular complexity index is 421. The van der Waals surface area contributed by atoms with Gasteiger partial charge in [0, 0.05) is 21.9 Å². The van der Waals surface area contributed by atoms with Crippen molar-refractivity contribution in [2.75, 3.05) is 6.61 Å². The van der Waals surface area contributed by atoms with E-state index in [1.54, 1.807) is 11.3 Å². The number of rotatable bonds is 5. The lowest BCUT2D eigenvalue weighted by Crippen LogP contribution is -2.36. The van der Waals surface area contributed by atoms with Gasteiger partial charge in [-0.15, -0.1) is 11.3 Å². The second-order valence-electron chi connectivity index (χ2n) is 4.89. The molecule has 5 heteroatoms. The Morgan fingerprint density at radius 2 is 2.42 bits per heavy atom. The Kier molecular flexibility index (Phi) is 5.85. The van der Waals surface area contributed by atoms with Crippen LogP contribution in [0.2, 0.25) is 0 Å². The number of hydrogen-bond acceptors (Lipinski definition) is 4. The monoisotopic (exact) mass is 345 g/mol. The summed E-state index contributed by atoms with van der Waals surface area (Å²) in [6.07, 6.45) is 4.13. The van der Waals surface area contributed by atoms with E-state index < -0.39 is 0 Å². The topological polar surface area (TPSA) is 38.3 Å². The minimum atomic E-state index is -0.0219. The average molecular weight is 346 g/mol. The Morgan fingerprint density at radius 1 is 1.58 bits per heavy atom. The molecule has 1 N–H and O–H groups in total. The number of carbonyl (C=O) groups is 1. The molecule has 1 aliphatic rings. The van der Waals surface area contributed by atoms with E-state index in [1.807, 2.05) is 6.92 Å². The predicted molar refractivity (Wildman–Crippen MR) is 81.2 cm³/mol. The lowest BCUT2D eigenvalue weighted by atomic mass is 9.86. The molecule has 0 radical (unpaired) electrons. The van der Waals surface area contributed by atoms with Crippen LogP contribution in [0.4, 0.5) is 0 Å². The molecule has 2 unspecified atom stereocenters. The zero-order chi connectivity index (χ0) is 13.7. The van der Waals surface area contributed by atoms with E-state index >= 15 is 0 Å². The maximum Gasteiger partial charge on any atom is 0.308 e. The molecule has 0 spiro atoms. The molecule has 3 nitrogen and oxygen atoms in total. The highest BCUT2D eigenvalue weighted by Gasteiger charge is 2.27. The fourth-order valence-corrected chi connectivity index (χ4v) is 3.98. The van der Waals surface area contributed by atoms with Crippen LogP contribution in [0.1, 0.15) is 37.5 Å². The first-order chi connectivity index (χ1) is 9.20. The molecule has 1 heterocycles. The summed E-state index contributed by atoms with van der Waals surface area (Å²) in [5.74, 6) is 0.0595. The van der Waals surface area contributed by atoms with Crippen molar-refractivity contribution in [2.45, 2.75) is 45.2 Å². The number of ether oxygens (including phenoxy) is 1. The number of halogens is 1. The third-order valence-electron chi connectivity index (χ3n) is 3.54. The van der Waals surface area contributed by atoms with Gasteiger partial charge in [-0.1, -0.05) is 6.42 Å². The third-order valence-corrected chi connectivity index (χ3v) is 5.46. The minimum Gasteiger partial charge on any atom is -0.466 e. The summed E-state index contributed by atoms with van der Waals surface area (Å²) in [6, 6.07) is 2.50. The normalized spacial score (nSPS) is 23.3. The first-order valence-corrected chi connectivity index (χ1v) is 8.49. The lowest BCUT2D eigenvalue weighted by Gasteiger charge is -2.28. The average Bonchev–Trinajstić information content (AvgIpc) is 2.82. The van der Waals surface area contributed by atoms with Gasteiger partial charge in [0.05, 0.1) is 12.5 Å². The molecule has 0 bridgehead atoms. The smallest absolute Gasteiger partial charge is 0.308 e. The molecule has 1 aromatic heterocycles. The minimum absolute atomic E-state index is 0.0219. The Hall–Kier alpha value is -0.390. The van der Waals surface area contributed by atoms with Gasteiger partial charge in [-0.2, -0.15) is 0 Å². The molecular weight excluding hydrogens is 326 g/mol. The number of thiophene rings is 1. The first-order valence-electron chi connectivity index (χ1n) is 6.82. The van der Waals surface area contributed by atoms with Crippen LogP contribution in [0.15, 0.2) is 15.9 Å². The van der Waals surface area contributed by atoms with Gasteiger partial charge in [0.15, 0.2) is 0 Å². The van der Waals surface area contributed by atoms with Crippen molar-refractivity contribution in [3.05, 3.63) is 20.8 Å². The quantitative estimate of drug-likeness (QED) is 0.826. The first kappa shape index (κ1) is 15.0.